The van der Waals surface area contributed by atoms with Crippen LogP contribution in [-0.2, 0) is 0 Å². The third kappa shape index (κ3) is 3.22. The van der Waals surface area contributed by atoms with Crippen molar-refractivity contribution in [3.8, 4) is 11.1 Å². The summed E-state index contributed by atoms with van der Waals surface area (Å²) in [6.45, 7) is 1.58. The molecule has 0 aromatic heterocycles. The van der Waals surface area contributed by atoms with Gasteiger partial charge < -0.3 is 10.0 Å². The summed E-state index contributed by atoms with van der Waals surface area (Å²) in [5, 5.41) is 9.59. The molecule has 3 rings (SSSR count). The lowest BCUT2D eigenvalue weighted by atomic mass is 10.0. The number of likely N-dealkylation sites (tertiary alicyclic amines) is 1. The molecule has 1 aliphatic rings. The molecule has 23 heavy (non-hydrogen) atoms. The standard InChI is InChI=1S/C18H16ClNO3/c19-16-7-6-14(18(22)23)11-15(16)12-4-3-5-13(10-12)17(21)20-8-1-2-9-20/h3-7,10-11H,1-2,8-9H2,(H,22,23). The van der Waals surface area contributed by atoms with Crippen molar-refractivity contribution in [2.24, 2.45) is 0 Å². The zero-order valence-electron chi connectivity index (χ0n) is 12.5. The molecule has 118 valence electrons. The Bertz CT molecular complexity index is 767. The first-order valence-electron chi connectivity index (χ1n) is 7.49. The van der Waals surface area contributed by atoms with Crippen LogP contribution >= 0.6 is 11.6 Å². The summed E-state index contributed by atoms with van der Waals surface area (Å²) >= 11 is 6.21. The molecule has 1 fully saturated rings. The summed E-state index contributed by atoms with van der Waals surface area (Å²) in [6, 6.07) is 11.7. The number of halogens is 1. The summed E-state index contributed by atoms with van der Waals surface area (Å²) in [6.07, 6.45) is 2.08. The van der Waals surface area contributed by atoms with Crippen LogP contribution in [0.5, 0.6) is 0 Å². The van der Waals surface area contributed by atoms with Crippen molar-refractivity contribution in [3.63, 3.8) is 0 Å². The quantitative estimate of drug-likeness (QED) is 0.927. The van der Waals surface area contributed by atoms with E-state index < -0.39 is 5.97 Å². The van der Waals surface area contributed by atoms with E-state index in [1.54, 1.807) is 24.3 Å². The Labute approximate surface area is 139 Å². The molecular weight excluding hydrogens is 314 g/mol. The molecule has 5 heteroatoms. The highest BCUT2D eigenvalue weighted by molar-refractivity contribution is 6.33. The monoisotopic (exact) mass is 329 g/mol. The van der Waals surface area contributed by atoms with Gasteiger partial charge in [0.05, 0.1) is 5.56 Å². The third-order valence-electron chi connectivity index (χ3n) is 4.03. The number of benzene rings is 2. The highest BCUT2D eigenvalue weighted by Crippen LogP contribution is 2.30. The highest BCUT2D eigenvalue weighted by atomic mass is 35.5. The number of carboxylic acid groups (broad SMARTS) is 1. The lowest BCUT2D eigenvalue weighted by Crippen LogP contribution is -2.27. The van der Waals surface area contributed by atoms with E-state index in [9.17, 15) is 9.59 Å². The van der Waals surface area contributed by atoms with E-state index in [1.807, 2.05) is 11.0 Å². The van der Waals surface area contributed by atoms with Crippen molar-refractivity contribution in [3.05, 3.63) is 58.6 Å². The van der Waals surface area contributed by atoms with Crippen LogP contribution in [0.1, 0.15) is 33.6 Å². The Balaban J connectivity index is 1.98. The number of carbonyl (C=O) groups excluding carboxylic acids is 1. The topological polar surface area (TPSA) is 57.6 Å². The number of amides is 1. The first-order valence-corrected chi connectivity index (χ1v) is 7.86. The van der Waals surface area contributed by atoms with Crippen molar-refractivity contribution in [2.75, 3.05) is 13.1 Å². The number of carbonyl (C=O) groups is 2. The Morgan fingerprint density at radius 3 is 2.43 bits per heavy atom. The molecule has 1 heterocycles. The minimum Gasteiger partial charge on any atom is -0.478 e. The second-order valence-corrected chi connectivity index (χ2v) is 5.99. The molecule has 1 N–H and O–H groups in total. The summed E-state index contributed by atoms with van der Waals surface area (Å²) in [5.41, 5.74) is 2.12. The van der Waals surface area contributed by atoms with Crippen LogP contribution in [0.4, 0.5) is 0 Å². The van der Waals surface area contributed by atoms with Crippen molar-refractivity contribution in [1.29, 1.82) is 0 Å². The van der Waals surface area contributed by atoms with E-state index in [2.05, 4.69) is 0 Å². The molecule has 0 atom stereocenters. The maximum absolute atomic E-state index is 12.5. The number of rotatable bonds is 3. The van der Waals surface area contributed by atoms with Gasteiger partial charge in [-0.3, -0.25) is 4.79 Å². The Morgan fingerprint density at radius 1 is 1.00 bits per heavy atom. The normalized spacial score (nSPS) is 14.0. The van der Waals surface area contributed by atoms with E-state index in [-0.39, 0.29) is 11.5 Å². The van der Waals surface area contributed by atoms with Crippen molar-refractivity contribution < 1.29 is 14.7 Å². The summed E-state index contributed by atoms with van der Waals surface area (Å²) in [7, 11) is 0. The van der Waals surface area contributed by atoms with E-state index in [1.165, 1.54) is 12.1 Å². The second-order valence-electron chi connectivity index (χ2n) is 5.58. The molecule has 0 bridgehead atoms. The van der Waals surface area contributed by atoms with Crippen LogP contribution in [0.15, 0.2) is 42.5 Å². The van der Waals surface area contributed by atoms with Crippen LogP contribution in [0.2, 0.25) is 5.02 Å². The summed E-state index contributed by atoms with van der Waals surface area (Å²) in [4.78, 5) is 25.5. The Hall–Kier alpha value is -2.33. The second kappa shape index (κ2) is 6.42. The minimum atomic E-state index is -1.01. The predicted molar refractivity (Wildman–Crippen MR) is 89.0 cm³/mol. The average molecular weight is 330 g/mol. The average Bonchev–Trinajstić information content (AvgIpc) is 3.09. The fourth-order valence-corrected chi connectivity index (χ4v) is 3.03. The van der Waals surface area contributed by atoms with Crippen LogP contribution in [-0.4, -0.2) is 35.0 Å². The fourth-order valence-electron chi connectivity index (χ4n) is 2.80. The molecule has 1 aliphatic heterocycles. The van der Waals surface area contributed by atoms with E-state index >= 15 is 0 Å². The van der Waals surface area contributed by atoms with Crippen LogP contribution in [0.3, 0.4) is 0 Å². The molecule has 0 spiro atoms. The molecule has 2 aromatic rings. The Kier molecular flexibility index (Phi) is 4.35. The SMILES string of the molecule is O=C(O)c1ccc(Cl)c(-c2cccc(C(=O)N3CCCC3)c2)c1. The molecule has 0 unspecified atom stereocenters. The van der Waals surface area contributed by atoms with Gasteiger partial charge in [-0.05, 0) is 48.7 Å². The van der Waals surface area contributed by atoms with Crippen LogP contribution < -0.4 is 0 Å². The zero-order chi connectivity index (χ0) is 16.4. The van der Waals surface area contributed by atoms with E-state index in [0.717, 1.165) is 31.5 Å². The first kappa shape index (κ1) is 15.6. The van der Waals surface area contributed by atoms with Crippen LogP contribution in [0.25, 0.3) is 11.1 Å². The molecular formula is C18H16ClNO3. The molecule has 1 amide bonds. The number of aromatic carboxylic acids is 1. The van der Waals surface area contributed by atoms with E-state index in [0.29, 0.717) is 16.1 Å². The number of hydrogen-bond acceptors (Lipinski definition) is 2. The maximum Gasteiger partial charge on any atom is 0.335 e. The lowest BCUT2D eigenvalue weighted by molar-refractivity contribution is 0.0696. The maximum atomic E-state index is 12.5. The van der Waals surface area contributed by atoms with Gasteiger partial charge >= 0.3 is 5.97 Å². The molecule has 0 aliphatic carbocycles. The van der Waals surface area contributed by atoms with Gasteiger partial charge in [0.1, 0.15) is 0 Å². The lowest BCUT2D eigenvalue weighted by Gasteiger charge is -2.16. The summed E-state index contributed by atoms with van der Waals surface area (Å²) < 4.78 is 0. The van der Waals surface area contributed by atoms with Gasteiger partial charge in [0.25, 0.3) is 5.91 Å². The van der Waals surface area contributed by atoms with Gasteiger partial charge in [-0.15, -0.1) is 0 Å². The highest BCUT2D eigenvalue weighted by Gasteiger charge is 2.20. The molecule has 1 saturated heterocycles. The van der Waals surface area contributed by atoms with Crippen molar-refractivity contribution in [2.45, 2.75) is 12.8 Å². The number of carboxylic acids is 1. The van der Waals surface area contributed by atoms with Gasteiger partial charge in [0, 0.05) is 29.2 Å². The summed E-state index contributed by atoms with van der Waals surface area (Å²) in [5.74, 6) is -0.998. The van der Waals surface area contributed by atoms with Gasteiger partial charge in [-0.2, -0.15) is 0 Å². The Morgan fingerprint density at radius 2 is 1.74 bits per heavy atom. The zero-order valence-corrected chi connectivity index (χ0v) is 13.2. The molecule has 0 saturated carbocycles. The smallest absolute Gasteiger partial charge is 0.335 e. The predicted octanol–water partition coefficient (Wildman–Crippen LogP) is 3.94. The molecule has 4 nitrogen and oxygen atoms in total. The molecule has 0 radical (unpaired) electrons. The molecule has 2 aromatic carbocycles. The van der Waals surface area contributed by atoms with Crippen molar-refractivity contribution in [1.82, 2.24) is 4.90 Å². The fraction of sp³-hybridized carbons (Fsp3) is 0.222. The van der Waals surface area contributed by atoms with E-state index in [4.69, 9.17) is 16.7 Å². The third-order valence-corrected chi connectivity index (χ3v) is 4.36. The largest absolute Gasteiger partial charge is 0.478 e. The van der Waals surface area contributed by atoms with Crippen LogP contribution in [0, 0.1) is 0 Å². The van der Waals surface area contributed by atoms with Gasteiger partial charge in [0.15, 0.2) is 0 Å². The van der Waals surface area contributed by atoms with Crippen molar-refractivity contribution >= 4 is 23.5 Å². The van der Waals surface area contributed by atoms with Gasteiger partial charge in [-0.1, -0.05) is 23.7 Å². The van der Waals surface area contributed by atoms with Gasteiger partial charge in [0.2, 0.25) is 0 Å². The van der Waals surface area contributed by atoms with Gasteiger partial charge in [-0.25, -0.2) is 4.79 Å². The first-order chi connectivity index (χ1) is 11.1. The minimum absolute atomic E-state index is 0.00913. The number of hydrogen-bond donors (Lipinski definition) is 1. The number of nitrogens with zero attached hydrogens (tertiary/aromatic N) is 1.